The molecule has 2 aromatic carbocycles. The summed E-state index contributed by atoms with van der Waals surface area (Å²) < 4.78 is 38.1. The van der Waals surface area contributed by atoms with E-state index in [9.17, 15) is 22.8 Å². The molecule has 0 atom stereocenters. The summed E-state index contributed by atoms with van der Waals surface area (Å²) in [5.74, 6) is 0.160. The molecule has 2 aliphatic heterocycles. The van der Waals surface area contributed by atoms with Gasteiger partial charge in [0.05, 0.1) is 17.0 Å². The molecule has 0 unspecified atom stereocenters. The molecule has 1 fully saturated rings. The van der Waals surface area contributed by atoms with E-state index in [-0.39, 0.29) is 18.4 Å². The molecule has 0 aliphatic carbocycles. The lowest BCUT2D eigenvalue weighted by atomic mass is 10.1. The zero-order valence-corrected chi connectivity index (χ0v) is 17.6. The second-order valence-corrected chi connectivity index (χ2v) is 8.61. The van der Waals surface area contributed by atoms with Gasteiger partial charge in [-0.1, -0.05) is 24.3 Å². The predicted octanol–water partition coefficient (Wildman–Crippen LogP) is 3.49. The molecule has 31 heavy (non-hydrogen) atoms. The fourth-order valence-corrected chi connectivity index (χ4v) is 4.71. The molecular weight excluding hydrogens is 427 g/mol. The summed E-state index contributed by atoms with van der Waals surface area (Å²) in [6, 6.07) is 12.8. The van der Waals surface area contributed by atoms with E-state index in [1.165, 1.54) is 23.9 Å². The van der Waals surface area contributed by atoms with Gasteiger partial charge in [-0.15, -0.1) is 11.8 Å². The zero-order valence-electron chi connectivity index (χ0n) is 16.8. The molecule has 0 spiro atoms. The van der Waals surface area contributed by atoms with Crippen molar-refractivity contribution in [2.24, 2.45) is 0 Å². The molecule has 1 saturated heterocycles. The number of benzene rings is 2. The standard InChI is InChI=1S/C22H22F3N3O2S/c23-22(24,25)17-7-5-16(6-8-17)13-26-9-11-27(12-10-26)20(29)14-28-18-3-1-2-4-19(18)31-15-21(28)30/h1-8H,9-15H2. The summed E-state index contributed by atoms with van der Waals surface area (Å²) >= 11 is 1.48. The first-order chi connectivity index (χ1) is 14.8. The minimum atomic E-state index is -4.33. The van der Waals surface area contributed by atoms with Crippen LogP contribution >= 0.6 is 11.8 Å². The monoisotopic (exact) mass is 449 g/mol. The van der Waals surface area contributed by atoms with E-state index in [2.05, 4.69) is 4.90 Å². The van der Waals surface area contributed by atoms with Crippen molar-refractivity contribution in [3.63, 3.8) is 0 Å². The van der Waals surface area contributed by atoms with Crippen LogP contribution < -0.4 is 4.90 Å². The summed E-state index contributed by atoms with van der Waals surface area (Å²) in [4.78, 5) is 31.6. The molecule has 0 saturated carbocycles. The number of hydrogen-bond donors (Lipinski definition) is 0. The maximum Gasteiger partial charge on any atom is 0.416 e. The minimum absolute atomic E-state index is 0.0231. The number of carbonyl (C=O) groups is 2. The molecule has 0 N–H and O–H groups in total. The van der Waals surface area contributed by atoms with E-state index >= 15 is 0 Å². The summed E-state index contributed by atoms with van der Waals surface area (Å²) in [5.41, 5.74) is 0.928. The van der Waals surface area contributed by atoms with Gasteiger partial charge in [0.1, 0.15) is 6.54 Å². The van der Waals surface area contributed by atoms with Gasteiger partial charge in [-0.05, 0) is 29.8 Å². The second-order valence-electron chi connectivity index (χ2n) is 7.59. The molecular formula is C22H22F3N3O2S. The third-order valence-electron chi connectivity index (χ3n) is 5.51. The van der Waals surface area contributed by atoms with Gasteiger partial charge in [0.25, 0.3) is 0 Å². The van der Waals surface area contributed by atoms with Crippen molar-refractivity contribution in [1.29, 1.82) is 0 Å². The lowest BCUT2D eigenvalue weighted by molar-refractivity contribution is -0.137. The van der Waals surface area contributed by atoms with Crippen LogP contribution in [0.4, 0.5) is 18.9 Å². The van der Waals surface area contributed by atoms with E-state index in [0.717, 1.165) is 28.3 Å². The van der Waals surface area contributed by atoms with Crippen LogP contribution in [0.2, 0.25) is 0 Å². The normalized spacial score (nSPS) is 17.6. The van der Waals surface area contributed by atoms with Crippen molar-refractivity contribution >= 4 is 29.3 Å². The highest BCUT2D eigenvalue weighted by Crippen LogP contribution is 2.35. The first-order valence-corrected chi connectivity index (χ1v) is 11.0. The Balaban J connectivity index is 1.31. The molecule has 4 rings (SSSR count). The van der Waals surface area contributed by atoms with E-state index in [1.54, 1.807) is 9.80 Å². The van der Waals surface area contributed by atoms with Crippen LogP contribution in [0.5, 0.6) is 0 Å². The maximum atomic E-state index is 12.8. The van der Waals surface area contributed by atoms with E-state index in [4.69, 9.17) is 0 Å². The first kappa shape index (κ1) is 21.7. The number of alkyl halides is 3. The lowest BCUT2D eigenvalue weighted by Crippen LogP contribution is -2.52. The van der Waals surface area contributed by atoms with Gasteiger partial charge in [0, 0.05) is 37.6 Å². The number of anilines is 1. The van der Waals surface area contributed by atoms with Gasteiger partial charge in [0.15, 0.2) is 0 Å². The van der Waals surface area contributed by atoms with Gasteiger partial charge in [-0.25, -0.2) is 0 Å². The van der Waals surface area contributed by atoms with Crippen molar-refractivity contribution in [3.8, 4) is 0 Å². The largest absolute Gasteiger partial charge is 0.416 e. The molecule has 2 aliphatic rings. The number of nitrogens with zero attached hydrogens (tertiary/aromatic N) is 3. The summed E-state index contributed by atoms with van der Waals surface area (Å²) in [6.07, 6.45) is -4.33. The van der Waals surface area contributed by atoms with Crippen LogP contribution in [-0.4, -0.2) is 60.1 Å². The Morgan fingerprint density at radius 2 is 1.65 bits per heavy atom. The van der Waals surface area contributed by atoms with Crippen LogP contribution in [0.1, 0.15) is 11.1 Å². The molecule has 0 aromatic heterocycles. The predicted molar refractivity (Wildman–Crippen MR) is 113 cm³/mol. The van der Waals surface area contributed by atoms with Gasteiger partial charge >= 0.3 is 6.18 Å². The quantitative estimate of drug-likeness (QED) is 0.717. The van der Waals surface area contributed by atoms with Crippen molar-refractivity contribution in [2.75, 3.05) is 43.4 Å². The maximum absolute atomic E-state index is 12.8. The zero-order chi connectivity index (χ0) is 22.0. The van der Waals surface area contributed by atoms with Gasteiger partial charge < -0.3 is 9.80 Å². The van der Waals surface area contributed by atoms with Gasteiger partial charge in [-0.2, -0.15) is 13.2 Å². The molecule has 0 bridgehead atoms. The number of thioether (sulfide) groups is 1. The van der Waals surface area contributed by atoms with Gasteiger partial charge in [-0.3, -0.25) is 14.5 Å². The number of rotatable bonds is 4. The molecule has 2 heterocycles. The SMILES string of the molecule is O=C(CN1C(=O)CSc2ccccc21)N1CCN(Cc2ccc(C(F)(F)F)cc2)CC1. The first-order valence-electron chi connectivity index (χ1n) is 10.00. The van der Waals surface area contributed by atoms with Crippen LogP contribution in [0.15, 0.2) is 53.4 Å². The van der Waals surface area contributed by atoms with Crippen molar-refractivity contribution in [2.45, 2.75) is 17.6 Å². The summed E-state index contributed by atoms with van der Waals surface area (Å²) in [5, 5.41) is 0. The number of fused-ring (bicyclic) bond motifs is 1. The highest BCUT2D eigenvalue weighted by molar-refractivity contribution is 8.00. The van der Waals surface area contributed by atoms with Crippen LogP contribution in [-0.2, 0) is 22.3 Å². The molecule has 5 nitrogen and oxygen atoms in total. The minimum Gasteiger partial charge on any atom is -0.339 e. The fraction of sp³-hybridized carbons (Fsp3) is 0.364. The van der Waals surface area contributed by atoms with E-state index < -0.39 is 11.7 Å². The van der Waals surface area contributed by atoms with Crippen molar-refractivity contribution < 1.29 is 22.8 Å². The topological polar surface area (TPSA) is 43.9 Å². The smallest absolute Gasteiger partial charge is 0.339 e. The van der Waals surface area contributed by atoms with Crippen molar-refractivity contribution in [3.05, 3.63) is 59.7 Å². The fourth-order valence-electron chi connectivity index (χ4n) is 3.78. The molecule has 164 valence electrons. The van der Waals surface area contributed by atoms with E-state index in [0.29, 0.717) is 38.5 Å². The Kier molecular flexibility index (Phi) is 6.24. The van der Waals surface area contributed by atoms with E-state index in [1.807, 2.05) is 24.3 Å². The summed E-state index contributed by atoms with van der Waals surface area (Å²) in [6.45, 7) is 2.88. The Labute approximate surface area is 182 Å². The lowest BCUT2D eigenvalue weighted by Gasteiger charge is -2.36. The average Bonchev–Trinajstić information content (AvgIpc) is 2.76. The Bertz CT molecular complexity index is 957. The number of halogens is 3. The third kappa shape index (κ3) is 5.04. The highest BCUT2D eigenvalue weighted by atomic mass is 32.2. The molecule has 2 aromatic rings. The third-order valence-corrected chi connectivity index (χ3v) is 6.56. The van der Waals surface area contributed by atoms with Crippen molar-refractivity contribution in [1.82, 2.24) is 9.80 Å². The Morgan fingerprint density at radius 1 is 0.968 bits per heavy atom. The molecule has 0 radical (unpaired) electrons. The summed E-state index contributed by atoms with van der Waals surface area (Å²) in [7, 11) is 0. The number of amides is 2. The number of piperazine rings is 1. The van der Waals surface area contributed by atoms with Gasteiger partial charge in [0.2, 0.25) is 11.8 Å². The van der Waals surface area contributed by atoms with Crippen LogP contribution in [0.25, 0.3) is 0 Å². The highest BCUT2D eigenvalue weighted by Gasteiger charge is 2.31. The second kappa shape index (κ2) is 8.92. The van der Waals surface area contributed by atoms with Crippen LogP contribution in [0, 0.1) is 0 Å². The Morgan fingerprint density at radius 3 is 2.32 bits per heavy atom. The molecule has 9 heteroatoms. The van der Waals surface area contributed by atoms with Crippen LogP contribution in [0.3, 0.4) is 0 Å². The number of hydrogen-bond acceptors (Lipinski definition) is 4. The average molecular weight is 449 g/mol. The molecule has 2 amide bonds. The number of para-hydroxylation sites is 1. The Hall–Kier alpha value is -2.52. The number of carbonyl (C=O) groups excluding carboxylic acids is 2.